The van der Waals surface area contributed by atoms with Gasteiger partial charge in [-0.05, 0) is 75.3 Å². The fraction of sp³-hybridized carbons (Fsp3) is 0.526. The minimum Gasteiger partial charge on any atom is -0.464 e. The second-order valence-electron chi connectivity index (χ2n) is 14.8. The molecule has 52 heavy (non-hydrogen) atoms. The summed E-state index contributed by atoms with van der Waals surface area (Å²) in [5.74, 6) is -1.73. The second-order valence-corrected chi connectivity index (χ2v) is 14.8. The second kappa shape index (κ2) is 14.5. The van der Waals surface area contributed by atoms with Crippen molar-refractivity contribution < 1.29 is 38.9 Å². The topological polar surface area (TPSA) is 182 Å². The summed E-state index contributed by atoms with van der Waals surface area (Å²) in [6, 6.07) is -2.02. The molecular weight excluding hydrogens is 668 g/mol. The van der Waals surface area contributed by atoms with Crippen molar-refractivity contribution >= 4 is 35.9 Å². The van der Waals surface area contributed by atoms with Gasteiger partial charge in [-0.1, -0.05) is 44.2 Å². The lowest BCUT2D eigenvalue weighted by atomic mass is 9.45. The highest BCUT2D eigenvalue weighted by molar-refractivity contribution is 6.05. The number of cyclic esters (lactones) is 1. The fourth-order valence-electron chi connectivity index (χ4n) is 8.67. The number of guanidine groups is 1. The van der Waals surface area contributed by atoms with Crippen molar-refractivity contribution in [1.82, 2.24) is 20.4 Å². The van der Waals surface area contributed by atoms with Crippen LogP contribution < -0.4 is 10.6 Å². The summed E-state index contributed by atoms with van der Waals surface area (Å²) in [4.78, 5) is 63.0. The third-order valence-corrected chi connectivity index (χ3v) is 11.7. The van der Waals surface area contributed by atoms with E-state index in [1.807, 2.05) is 13.0 Å². The first-order valence-corrected chi connectivity index (χ1v) is 17.8. The Kier molecular flexibility index (Phi) is 10.4. The Labute approximate surface area is 303 Å². The van der Waals surface area contributed by atoms with Gasteiger partial charge < -0.3 is 19.7 Å². The molecule has 0 bridgehead atoms. The first-order chi connectivity index (χ1) is 24.7. The van der Waals surface area contributed by atoms with E-state index in [9.17, 15) is 29.4 Å². The molecule has 278 valence electrons. The molecule has 2 aliphatic carbocycles. The maximum absolute atomic E-state index is 13.1. The summed E-state index contributed by atoms with van der Waals surface area (Å²) in [7, 11) is 1.69. The largest absolute Gasteiger partial charge is 0.464 e. The van der Waals surface area contributed by atoms with Crippen molar-refractivity contribution in [2.24, 2.45) is 32.7 Å². The van der Waals surface area contributed by atoms with Gasteiger partial charge in [0.25, 0.3) is 5.91 Å². The van der Waals surface area contributed by atoms with Crippen molar-refractivity contribution in [3.63, 3.8) is 0 Å². The monoisotopic (exact) mass is 716 g/mol. The molecule has 0 aromatic heterocycles. The third-order valence-electron chi connectivity index (χ3n) is 11.7. The van der Waals surface area contributed by atoms with Gasteiger partial charge in [0.1, 0.15) is 11.9 Å². The van der Waals surface area contributed by atoms with Gasteiger partial charge in [-0.25, -0.2) is 19.6 Å². The summed E-state index contributed by atoms with van der Waals surface area (Å²) >= 11 is 0. The zero-order valence-corrected chi connectivity index (χ0v) is 30.2. The molecule has 14 nitrogen and oxygen atoms in total. The van der Waals surface area contributed by atoms with Gasteiger partial charge in [-0.2, -0.15) is 0 Å². The summed E-state index contributed by atoms with van der Waals surface area (Å²) in [5.41, 5.74) is 0.527. The van der Waals surface area contributed by atoms with Crippen molar-refractivity contribution in [3.8, 4) is 0 Å². The number of amides is 2. The number of aliphatic hydroxyl groups excluding tert-OH is 2. The predicted octanol–water partition coefficient (Wildman–Crippen LogP) is 1.65. The van der Waals surface area contributed by atoms with E-state index in [1.165, 1.54) is 4.90 Å². The van der Waals surface area contributed by atoms with Crippen LogP contribution in [0.4, 0.5) is 0 Å². The highest BCUT2D eigenvalue weighted by Crippen LogP contribution is 2.61. The maximum Gasteiger partial charge on any atom is 0.343 e. The molecule has 14 heteroatoms. The van der Waals surface area contributed by atoms with Gasteiger partial charge in [-0.15, -0.1) is 0 Å². The molecule has 2 amide bonds. The molecule has 6 rings (SSSR count). The number of likely N-dealkylation sites (N-methyl/N-ethyl adjacent to an activating group) is 1. The molecule has 0 aromatic carbocycles. The van der Waals surface area contributed by atoms with Gasteiger partial charge >= 0.3 is 11.9 Å². The minimum atomic E-state index is -1.05. The van der Waals surface area contributed by atoms with E-state index in [1.54, 1.807) is 68.6 Å². The van der Waals surface area contributed by atoms with Crippen LogP contribution in [0, 0.1) is 22.7 Å². The van der Waals surface area contributed by atoms with E-state index in [-0.39, 0.29) is 48.7 Å². The van der Waals surface area contributed by atoms with E-state index in [4.69, 9.17) is 9.47 Å². The van der Waals surface area contributed by atoms with Crippen LogP contribution in [0.25, 0.3) is 0 Å². The number of rotatable bonds is 9. The van der Waals surface area contributed by atoms with Crippen LogP contribution in [0.1, 0.15) is 47.0 Å². The number of fused-ring (bicyclic) bond motifs is 2. The number of esters is 2. The lowest BCUT2D eigenvalue weighted by Gasteiger charge is -2.61. The molecule has 0 aromatic rings. The number of hydrogen-bond donors (Lipinski definition) is 4. The summed E-state index contributed by atoms with van der Waals surface area (Å²) in [6.45, 7) is 12.4. The molecule has 4 heterocycles. The third kappa shape index (κ3) is 6.64. The average Bonchev–Trinajstić information content (AvgIpc) is 3.81. The number of aliphatic imine (C=N–C) groups is 2. The van der Waals surface area contributed by atoms with Crippen molar-refractivity contribution in [2.75, 3.05) is 26.8 Å². The molecular formula is C38H48N6O8. The minimum absolute atomic E-state index is 0.157. The fourth-order valence-corrected chi connectivity index (χ4v) is 8.67. The summed E-state index contributed by atoms with van der Waals surface area (Å²) in [6.07, 6.45) is 14.3. The van der Waals surface area contributed by atoms with Crippen LogP contribution in [0.3, 0.4) is 0 Å². The molecule has 3 fully saturated rings. The number of nitrogens with zero attached hydrogens (tertiary/aromatic N) is 4. The Bertz CT molecular complexity index is 1760. The van der Waals surface area contributed by atoms with Gasteiger partial charge in [0, 0.05) is 29.8 Å². The van der Waals surface area contributed by atoms with Crippen LogP contribution >= 0.6 is 0 Å². The van der Waals surface area contributed by atoms with Crippen molar-refractivity contribution in [1.29, 1.82) is 0 Å². The highest BCUT2D eigenvalue weighted by Gasteiger charge is 2.59. The lowest BCUT2D eigenvalue weighted by Crippen LogP contribution is -2.62. The zero-order valence-electron chi connectivity index (χ0n) is 30.2. The Morgan fingerprint density at radius 3 is 2.75 bits per heavy atom. The standard InChI is InChI=1S/C38H48N6O8/c1-7-51-35(50)31-33(48)44-19-23(8-11-30(44)43(31)6)16-25-17-24(34(49)52-25)9-10-26-21(2)27(41-22(3)32(47)42-36-39-14-15-40-36)18-28-37(26,4)13-12-29(46)38(28,5)20-45/h8-11,14,16-17,19,22,26-31,41,45-46H,2,7,12-13,15,18,20H2,1,3-6H3,(H,40,42,47)/b10-9+,25-16+/t22?,26?,27?,28?,29-,30?,31?,37-,38+/m1/s1. The molecule has 0 radical (unpaired) electrons. The summed E-state index contributed by atoms with van der Waals surface area (Å²) in [5, 5.41) is 27.9. The van der Waals surface area contributed by atoms with Crippen LogP contribution in [0.2, 0.25) is 0 Å². The molecule has 1 saturated heterocycles. The van der Waals surface area contributed by atoms with E-state index in [2.05, 4.69) is 34.1 Å². The molecule has 9 atom stereocenters. The predicted molar refractivity (Wildman–Crippen MR) is 192 cm³/mol. The number of aliphatic hydroxyl groups is 2. The molecule has 6 unspecified atom stereocenters. The van der Waals surface area contributed by atoms with E-state index in [0.29, 0.717) is 37.0 Å². The Morgan fingerprint density at radius 2 is 2.06 bits per heavy atom. The smallest absolute Gasteiger partial charge is 0.343 e. The van der Waals surface area contributed by atoms with E-state index >= 15 is 0 Å². The number of ether oxygens (including phenoxy) is 2. The molecule has 2 saturated carbocycles. The number of nitrogens with one attached hydrogen (secondary N) is 2. The Morgan fingerprint density at radius 1 is 1.29 bits per heavy atom. The van der Waals surface area contributed by atoms with Gasteiger partial charge in [-0.3, -0.25) is 30.0 Å². The highest BCUT2D eigenvalue weighted by atomic mass is 16.5. The first kappa shape index (κ1) is 37.3. The van der Waals surface area contributed by atoms with Gasteiger partial charge in [0.05, 0.1) is 37.5 Å². The van der Waals surface area contributed by atoms with Crippen LogP contribution in [-0.4, -0.2) is 113 Å². The summed E-state index contributed by atoms with van der Waals surface area (Å²) < 4.78 is 10.7. The molecule has 0 spiro atoms. The normalized spacial score (nSPS) is 35.7. The van der Waals surface area contributed by atoms with Gasteiger partial charge in [0.2, 0.25) is 11.9 Å². The molecule has 4 N–H and O–H groups in total. The average molecular weight is 717 g/mol. The van der Waals surface area contributed by atoms with Crippen LogP contribution in [0.15, 0.2) is 81.7 Å². The lowest BCUT2D eigenvalue weighted by molar-refractivity contribution is -0.151. The quantitative estimate of drug-likeness (QED) is 0.156. The molecule has 6 aliphatic rings. The van der Waals surface area contributed by atoms with Crippen LogP contribution in [0.5, 0.6) is 0 Å². The zero-order chi connectivity index (χ0) is 37.5. The van der Waals surface area contributed by atoms with Gasteiger partial charge in [0.15, 0.2) is 6.04 Å². The maximum atomic E-state index is 13.1. The SMILES string of the molecule is C=C1C(NC(C)C(=O)NC2=NCC=N2)CC2[C@](C)(CC[C@@H](O)[C@@]2(C)CO)C1/C=C/C1=CC(=C\C2=CN3C(=O)C(C(=O)OCC)N(C)C3C=C2)/OC1=O. The number of hydrogen-bond acceptors (Lipinski definition) is 12. The Balaban J connectivity index is 1.23. The molecule has 4 aliphatic heterocycles. The van der Waals surface area contributed by atoms with E-state index < -0.39 is 53.0 Å². The Hall–Kier alpha value is -4.50. The van der Waals surface area contributed by atoms with Crippen LogP contribution in [-0.2, 0) is 28.7 Å². The first-order valence-electron chi connectivity index (χ1n) is 17.8. The number of carbonyl (C=O) groups excluding carboxylic acids is 4. The van der Waals surface area contributed by atoms with E-state index in [0.717, 1.165) is 5.57 Å². The van der Waals surface area contributed by atoms with Crippen molar-refractivity contribution in [2.45, 2.75) is 77.4 Å². The van der Waals surface area contributed by atoms with Crippen molar-refractivity contribution in [3.05, 3.63) is 71.7 Å². The number of allylic oxidation sites excluding steroid dienone is 5. The number of carbonyl (C=O) groups is 4.